The summed E-state index contributed by atoms with van der Waals surface area (Å²) in [5, 5.41) is 2.91. The van der Waals surface area contributed by atoms with Crippen LogP contribution >= 0.6 is 11.8 Å². The number of pyridine rings is 1. The van der Waals surface area contributed by atoms with Gasteiger partial charge in [-0.3, -0.25) is 4.79 Å². The summed E-state index contributed by atoms with van der Waals surface area (Å²) in [4.78, 5) is 16.0. The fourth-order valence-electron chi connectivity index (χ4n) is 2.02. The number of rotatable bonds is 9. The van der Waals surface area contributed by atoms with E-state index in [9.17, 15) is 13.6 Å². The van der Waals surface area contributed by atoms with Crippen molar-refractivity contribution in [2.45, 2.75) is 50.3 Å². The highest BCUT2D eigenvalue weighted by atomic mass is 32.2. The normalized spacial score (nSPS) is 12.4. The van der Waals surface area contributed by atoms with E-state index >= 15 is 0 Å². The lowest BCUT2D eigenvalue weighted by atomic mass is 9.99. The van der Waals surface area contributed by atoms with Crippen molar-refractivity contribution in [1.82, 2.24) is 10.3 Å². The highest BCUT2D eigenvalue weighted by Gasteiger charge is 2.17. The fraction of sp³-hybridized carbons (Fsp3) is 0.600. The molecule has 1 N–H and O–H groups in total. The second kappa shape index (κ2) is 9.71. The van der Waals surface area contributed by atoms with Gasteiger partial charge in [0.25, 0.3) is 11.7 Å². The van der Waals surface area contributed by atoms with E-state index in [0.717, 1.165) is 25.7 Å². The fourth-order valence-corrected chi connectivity index (χ4v) is 2.60. The van der Waals surface area contributed by atoms with Crippen LogP contribution in [-0.2, 0) is 0 Å². The molecule has 1 atom stereocenters. The molecular weight excluding hydrogens is 294 g/mol. The molecule has 1 aromatic heterocycles. The minimum Gasteiger partial charge on any atom is -0.352 e. The number of unbranched alkanes of at least 4 members (excludes halogenated alkanes) is 1. The second-order valence-electron chi connectivity index (χ2n) is 4.86. The molecule has 3 nitrogen and oxygen atoms in total. The highest BCUT2D eigenvalue weighted by Crippen LogP contribution is 2.26. The summed E-state index contributed by atoms with van der Waals surface area (Å²) in [5.41, 5.74) is 0.216. The van der Waals surface area contributed by atoms with E-state index in [1.807, 2.05) is 0 Å². The van der Waals surface area contributed by atoms with Crippen LogP contribution < -0.4 is 5.32 Å². The predicted molar refractivity (Wildman–Crippen MR) is 81.7 cm³/mol. The lowest BCUT2D eigenvalue weighted by Crippen LogP contribution is -2.29. The number of carbonyl (C=O) groups excluding carboxylic acids is 1. The minimum atomic E-state index is -2.58. The maximum atomic E-state index is 12.5. The van der Waals surface area contributed by atoms with E-state index in [-0.39, 0.29) is 16.5 Å². The van der Waals surface area contributed by atoms with Crippen LogP contribution in [0.4, 0.5) is 8.78 Å². The van der Waals surface area contributed by atoms with Gasteiger partial charge in [0.15, 0.2) is 0 Å². The summed E-state index contributed by atoms with van der Waals surface area (Å²) in [6.07, 6.45) is 5.73. The third-order valence-corrected chi connectivity index (χ3v) is 4.04. The van der Waals surface area contributed by atoms with Crippen LogP contribution in [0.15, 0.2) is 23.4 Å². The first-order valence-electron chi connectivity index (χ1n) is 7.26. The molecule has 0 fully saturated rings. The van der Waals surface area contributed by atoms with Gasteiger partial charge in [0, 0.05) is 12.7 Å². The number of hydrogen-bond acceptors (Lipinski definition) is 3. The van der Waals surface area contributed by atoms with Gasteiger partial charge in [0.2, 0.25) is 0 Å². The lowest BCUT2D eigenvalue weighted by molar-refractivity contribution is 0.0942. The maximum absolute atomic E-state index is 12.5. The van der Waals surface area contributed by atoms with Crippen molar-refractivity contribution < 1.29 is 13.6 Å². The van der Waals surface area contributed by atoms with E-state index in [4.69, 9.17) is 0 Å². The van der Waals surface area contributed by atoms with Gasteiger partial charge >= 0.3 is 0 Å². The van der Waals surface area contributed by atoms with Gasteiger partial charge in [-0.05, 0) is 36.2 Å². The Hall–Kier alpha value is -1.17. The molecule has 1 heterocycles. The molecule has 0 aliphatic rings. The molecule has 118 valence electrons. The number of carbonyl (C=O) groups is 1. The Morgan fingerprint density at radius 3 is 2.81 bits per heavy atom. The zero-order chi connectivity index (χ0) is 15.7. The molecule has 1 aromatic rings. The Morgan fingerprint density at radius 2 is 2.19 bits per heavy atom. The summed E-state index contributed by atoms with van der Waals surface area (Å²) >= 11 is 0.302. The number of nitrogens with zero attached hydrogens (tertiary/aromatic N) is 1. The summed E-state index contributed by atoms with van der Waals surface area (Å²) in [6.45, 7) is 4.80. The molecule has 21 heavy (non-hydrogen) atoms. The van der Waals surface area contributed by atoms with Crippen molar-refractivity contribution in [2.24, 2.45) is 5.92 Å². The van der Waals surface area contributed by atoms with E-state index in [0.29, 0.717) is 24.2 Å². The van der Waals surface area contributed by atoms with Crippen LogP contribution in [0.3, 0.4) is 0 Å². The zero-order valence-corrected chi connectivity index (χ0v) is 13.3. The first-order valence-corrected chi connectivity index (χ1v) is 8.14. The van der Waals surface area contributed by atoms with Crippen LogP contribution in [0.5, 0.6) is 0 Å². The van der Waals surface area contributed by atoms with Crippen LogP contribution in [0, 0.1) is 5.92 Å². The van der Waals surface area contributed by atoms with Crippen LogP contribution in [0.1, 0.15) is 49.9 Å². The average Bonchev–Trinajstić information content (AvgIpc) is 2.47. The Kier molecular flexibility index (Phi) is 8.27. The summed E-state index contributed by atoms with van der Waals surface area (Å²) in [5.74, 6) is -2.49. The van der Waals surface area contributed by atoms with Gasteiger partial charge in [0.1, 0.15) is 5.03 Å². The van der Waals surface area contributed by atoms with Crippen molar-refractivity contribution in [1.29, 1.82) is 0 Å². The molecule has 0 radical (unpaired) electrons. The number of halogens is 2. The summed E-state index contributed by atoms with van der Waals surface area (Å²) in [6, 6.07) is 3.11. The smallest absolute Gasteiger partial charge is 0.290 e. The molecule has 0 aliphatic carbocycles. The Bertz CT molecular complexity index is 443. The van der Waals surface area contributed by atoms with Crippen LogP contribution in [-0.4, -0.2) is 23.2 Å². The molecule has 1 amide bonds. The average molecular weight is 316 g/mol. The summed E-state index contributed by atoms with van der Waals surface area (Å²) < 4.78 is 24.9. The van der Waals surface area contributed by atoms with Crippen molar-refractivity contribution in [3.8, 4) is 0 Å². The third kappa shape index (κ3) is 6.42. The molecular formula is C15H22F2N2OS. The van der Waals surface area contributed by atoms with Crippen molar-refractivity contribution in [2.75, 3.05) is 6.54 Å². The molecule has 1 unspecified atom stereocenters. The topological polar surface area (TPSA) is 42.0 Å². The number of nitrogens with one attached hydrogen (secondary N) is 1. The number of alkyl halides is 2. The molecule has 0 spiro atoms. The van der Waals surface area contributed by atoms with E-state index in [1.54, 1.807) is 6.07 Å². The summed E-state index contributed by atoms with van der Waals surface area (Å²) in [7, 11) is 0. The van der Waals surface area contributed by atoms with Gasteiger partial charge < -0.3 is 5.32 Å². The number of thioether (sulfide) groups is 1. The molecule has 0 aliphatic heterocycles. The standard InChI is InChI=1S/C15H22F2N2OS/c1-3-5-7-11(4-2)10-19-13(20)12-8-6-9-18-14(12)21-15(16)17/h6,8-9,11,15H,3-5,7,10H2,1-2H3,(H,19,20). The molecule has 0 bridgehead atoms. The molecule has 0 saturated heterocycles. The number of amides is 1. The zero-order valence-electron chi connectivity index (χ0n) is 12.4. The molecule has 6 heteroatoms. The van der Waals surface area contributed by atoms with Gasteiger partial charge in [-0.1, -0.05) is 33.1 Å². The van der Waals surface area contributed by atoms with Gasteiger partial charge in [-0.25, -0.2) is 4.98 Å². The molecule has 0 aromatic carbocycles. The Labute approximate surface area is 128 Å². The minimum absolute atomic E-state index is 0.0756. The van der Waals surface area contributed by atoms with E-state index in [1.165, 1.54) is 12.3 Å². The number of hydrogen-bond donors (Lipinski definition) is 1. The second-order valence-corrected chi connectivity index (χ2v) is 5.84. The third-order valence-electron chi connectivity index (χ3n) is 3.31. The SMILES string of the molecule is CCCCC(CC)CNC(=O)c1cccnc1SC(F)F. The van der Waals surface area contributed by atoms with Crippen molar-refractivity contribution >= 4 is 17.7 Å². The first kappa shape index (κ1) is 17.9. The van der Waals surface area contributed by atoms with E-state index in [2.05, 4.69) is 24.1 Å². The van der Waals surface area contributed by atoms with Crippen LogP contribution in [0.25, 0.3) is 0 Å². The van der Waals surface area contributed by atoms with Gasteiger partial charge in [0.05, 0.1) is 5.56 Å². The van der Waals surface area contributed by atoms with Gasteiger partial charge in [-0.2, -0.15) is 8.78 Å². The van der Waals surface area contributed by atoms with Crippen molar-refractivity contribution in [3.63, 3.8) is 0 Å². The quantitative estimate of drug-likeness (QED) is 0.689. The number of aromatic nitrogens is 1. The predicted octanol–water partition coefficient (Wildman–Crippen LogP) is 4.34. The highest BCUT2D eigenvalue weighted by molar-refractivity contribution is 7.99. The first-order chi connectivity index (χ1) is 10.1. The Morgan fingerprint density at radius 1 is 1.43 bits per heavy atom. The van der Waals surface area contributed by atoms with Crippen molar-refractivity contribution in [3.05, 3.63) is 23.9 Å². The largest absolute Gasteiger partial charge is 0.352 e. The maximum Gasteiger partial charge on any atom is 0.290 e. The molecule has 1 rings (SSSR count). The van der Waals surface area contributed by atoms with Gasteiger partial charge in [-0.15, -0.1) is 0 Å². The van der Waals surface area contributed by atoms with E-state index < -0.39 is 5.76 Å². The monoisotopic (exact) mass is 316 g/mol. The lowest BCUT2D eigenvalue weighted by Gasteiger charge is -2.16. The van der Waals surface area contributed by atoms with Crippen LogP contribution in [0.2, 0.25) is 0 Å². The Balaban J connectivity index is 2.62. The molecule has 0 saturated carbocycles.